The lowest BCUT2D eigenvalue weighted by molar-refractivity contribution is -0.141. The van der Waals surface area contributed by atoms with Crippen LogP contribution in [0.15, 0.2) is 6.07 Å². The number of nitrogens with zero attached hydrogens (tertiary/aromatic N) is 3. The van der Waals surface area contributed by atoms with E-state index >= 15 is 0 Å². The number of rotatable bonds is 4. The highest BCUT2D eigenvalue weighted by molar-refractivity contribution is 7.88. The van der Waals surface area contributed by atoms with Crippen LogP contribution >= 0.6 is 0 Å². The van der Waals surface area contributed by atoms with Crippen LogP contribution in [0.5, 0.6) is 0 Å². The molecule has 1 aliphatic heterocycles. The standard InChI is InChI=1S/C13H17F3N4O3S/c1-8-6-10(13(14,15)16)19-11(18-8)7-17-12(21)9-4-3-5-20(9)24(2,22)23/h6,9H,3-5,7H2,1-2H3,(H,17,21)/t9-/m0/s1. The van der Waals surface area contributed by atoms with E-state index in [9.17, 15) is 26.4 Å². The van der Waals surface area contributed by atoms with Crippen LogP contribution in [0.3, 0.4) is 0 Å². The van der Waals surface area contributed by atoms with Gasteiger partial charge in [0, 0.05) is 12.2 Å². The quantitative estimate of drug-likeness (QED) is 0.853. The number of sulfonamides is 1. The van der Waals surface area contributed by atoms with Crippen LogP contribution in [0.4, 0.5) is 13.2 Å². The van der Waals surface area contributed by atoms with Gasteiger partial charge in [0.25, 0.3) is 0 Å². The van der Waals surface area contributed by atoms with Crippen molar-refractivity contribution in [3.8, 4) is 0 Å². The zero-order chi connectivity index (χ0) is 18.1. The molecule has 0 bridgehead atoms. The first-order valence-corrected chi connectivity index (χ1v) is 8.99. The van der Waals surface area contributed by atoms with Crippen molar-refractivity contribution in [1.82, 2.24) is 19.6 Å². The molecule has 0 aliphatic carbocycles. The fourth-order valence-corrected chi connectivity index (χ4v) is 3.66. The Hall–Kier alpha value is -1.75. The van der Waals surface area contributed by atoms with Gasteiger partial charge in [-0.2, -0.15) is 17.5 Å². The van der Waals surface area contributed by atoms with E-state index in [2.05, 4.69) is 15.3 Å². The fraction of sp³-hybridized carbons (Fsp3) is 0.615. The highest BCUT2D eigenvalue weighted by Gasteiger charge is 2.36. The lowest BCUT2D eigenvalue weighted by Gasteiger charge is -2.21. The van der Waals surface area contributed by atoms with Crippen LogP contribution in [0.1, 0.15) is 30.1 Å². The summed E-state index contributed by atoms with van der Waals surface area (Å²) in [6.45, 7) is 1.33. The number of hydrogen-bond donors (Lipinski definition) is 1. The first kappa shape index (κ1) is 18.6. The Kier molecular flexibility index (Phi) is 5.14. The molecule has 11 heteroatoms. The molecule has 1 N–H and O–H groups in total. The number of amides is 1. The number of hydrogen-bond acceptors (Lipinski definition) is 5. The summed E-state index contributed by atoms with van der Waals surface area (Å²) < 4.78 is 62.5. The van der Waals surface area contributed by atoms with E-state index in [4.69, 9.17) is 0 Å². The van der Waals surface area contributed by atoms with E-state index < -0.39 is 33.8 Å². The van der Waals surface area contributed by atoms with Gasteiger partial charge in [-0.3, -0.25) is 4.79 Å². The number of aromatic nitrogens is 2. The zero-order valence-electron chi connectivity index (χ0n) is 13.1. The second-order valence-electron chi connectivity index (χ2n) is 5.56. The first-order chi connectivity index (χ1) is 11.0. The predicted molar refractivity (Wildman–Crippen MR) is 78.2 cm³/mol. The summed E-state index contributed by atoms with van der Waals surface area (Å²) in [6.07, 6.45) is -2.69. The summed E-state index contributed by atoms with van der Waals surface area (Å²) in [7, 11) is -3.52. The molecule has 0 saturated carbocycles. The fourth-order valence-electron chi connectivity index (χ4n) is 2.54. The normalized spacial score (nSPS) is 19.5. The van der Waals surface area contributed by atoms with Gasteiger partial charge in [-0.25, -0.2) is 18.4 Å². The number of halogens is 3. The van der Waals surface area contributed by atoms with Crippen LogP contribution in [0.2, 0.25) is 0 Å². The maximum absolute atomic E-state index is 12.7. The molecule has 1 saturated heterocycles. The van der Waals surface area contributed by atoms with Gasteiger partial charge < -0.3 is 5.32 Å². The van der Waals surface area contributed by atoms with Crippen molar-refractivity contribution in [2.75, 3.05) is 12.8 Å². The molecular formula is C13H17F3N4O3S. The molecule has 1 aliphatic rings. The Labute approximate surface area is 137 Å². The minimum atomic E-state index is -4.61. The molecule has 1 fully saturated rings. The van der Waals surface area contributed by atoms with Crippen LogP contribution in [0, 0.1) is 6.92 Å². The van der Waals surface area contributed by atoms with Gasteiger partial charge in [0.2, 0.25) is 15.9 Å². The number of aryl methyl sites for hydroxylation is 1. The summed E-state index contributed by atoms with van der Waals surface area (Å²) in [5.74, 6) is -0.754. The molecule has 24 heavy (non-hydrogen) atoms. The van der Waals surface area contributed by atoms with E-state index in [0.29, 0.717) is 12.8 Å². The largest absolute Gasteiger partial charge is 0.433 e. The Morgan fingerprint density at radius 3 is 2.67 bits per heavy atom. The van der Waals surface area contributed by atoms with Crippen LogP contribution in [-0.2, 0) is 27.5 Å². The van der Waals surface area contributed by atoms with E-state index in [0.717, 1.165) is 16.6 Å². The molecule has 0 aromatic carbocycles. The molecule has 134 valence electrons. The number of carbonyl (C=O) groups excluding carboxylic acids is 1. The van der Waals surface area contributed by atoms with E-state index in [1.54, 1.807) is 0 Å². The molecule has 1 aromatic heterocycles. The smallest absolute Gasteiger partial charge is 0.347 e. The SMILES string of the molecule is Cc1cc(C(F)(F)F)nc(CNC(=O)[C@@H]2CCCN2S(C)(=O)=O)n1. The highest BCUT2D eigenvalue weighted by Crippen LogP contribution is 2.27. The van der Waals surface area contributed by atoms with Gasteiger partial charge in [0.1, 0.15) is 17.6 Å². The van der Waals surface area contributed by atoms with Gasteiger partial charge >= 0.3 is 6.18 Å². The number of nitrogens with one attached hydrogen (secondary N) is 1. The van der Waals surface area contributed by atoms with Crippen LogP contribution < -0.4 is 5.32 Å². The van der Waals surface area contributed by atoms with E-state index in [1.165, 1.54) is 6.92 Å². The monoisotopic (exact) mass is 366 g/mol. The summed E-state index contributed by atoms with van der Waals surface area (Å²) in [5.41, 5.74) is -0.960. The van der Waals surface area contributed by atoms with Crippen molar-refractivity contribution >= 4 is 15.9 Å². The zero-order valence-corrected chi connectivity index (χ0v) is 13.9. The van der Waals surface area contributed by atoms with Crippen molar-refractivity contribution in [3.63, 3.8) is 0 Å². The summed E-state index contributed by atoms with van der Waals surface area (Å²) >= 11 is 0. The van der Waals surface area contributed by atoms with Gasteiger partial charge in [-0.05, 0) is 25.8 Å². The maximum atomic E-state index is 12.7. The molecule has 1 amide bonds. The predicted octanol–water partition coefficient (Wildman–Crippen LogP) is 0.844. The van der Waals surface area contributed by atoms with E-state index in [-0.39, 0.29) is 24.6 Å². The third kappa shape index (κ3) is 4.41. The van der Waals surface area contributed by atoms with E-state index in [1.807, 2.05) is 0 Å². The summed E-state index contributed by atoms with van der Waals surface area (Å²) in [5, 5.41) is 2.41. The van der Waals surface area contributed by atoms with Crippen molar-refractivity contribution in [1.29, 1.82) is 0 Å². The second-order valence-corrected chi connectivity index (χ2v) is 7.49. The van der Waals surface area contributed by atoms with Crippen molar-refractivity contribution < 1.29 is 26.4 Å². The lowest BCUT2D eigenvalue weighted by atomic mass is 10.2. The maximum Gasteiger partial charge on any atom is 0.433 e. The molecular weight excluding hydrogens is 349 g/mol. The molecule has 7 nitrogen and oxygen atoms in total. The minimum Gasteiger partial charge on any atom is -0.347 e. The average molecular weight is 366 g/mol. The summed E-state index contributed by atoms with van der Waals surface area (Å²) in [6, 6.07) is -0.0415. The Bertz CT molecular complexity index is 736. The molecule has 1 atom stereocenters. The van der Waals surface area contributed by atoms with Crippen molar-refractivity contribution in [2.24, 2.45) is 0 Å². The van der Waals surface area contributed by atoms with Gasteiger partial charge in [-0.15, -0.1) is 0 Å². The third-order valence-electron chi connectivity index (χ3n) is 3.54. The Balaban J connectivity index is 2.08. The molecule has 0 unspecified atom stereocenters. The molecule has 0 spiro atoms. The molecule has 2 rings (SSSR count). The number of alkyl halides is 3. The third-order valence-corrected chi connectivity index (χ3v) is 4.83. The lowest BCUT2D eigenvalue weighted by Crippen LogP contribution is -2.45. The molecule has 2 heterocycles. The second kappa shape index (κ2) is 6.63. The Morgan fingerprint density at radius 1 is 1.42 bits per heavy atom. The van der Waals surface area contributed by atoms with Gasteiger partial charge in [-0.1, -0.05) is 0 Å². The molecule has 1 aromatic rings. The minimum absolute atomic E-state index is 0.125. The highest BCUT2D eigenvalue weighted by atomic mass is 32.2. The van der Waals surface area contributed by atoms with Crippen molar-refractivity contribution in [3.05, 3.63) is 23.3 Å². The van der Waals surface area contributed by atoms with Crippen molar-refractivity contribution in [2.45, 2.75) is 38.5 Å². The average Bonchev–Trinajstić information content (AvgIpc) is 2.92. The molecule has 0 radical (unpaired) electrons. The van der Waals surface area contributed by atoms with Gasteiger partial charge in [0.15, 0.2) is 0 Å². The summed E-state index contributed by atoms with van der Waals surface area (Å²) in [4.78, 5) is 19.4. The van der Waals surface area contributed by atoms with Crippen LogP contribution in [0.25, 0.3) is 0 Å². The Morgan fingerprint density at radius 2 is 2.08 bits per heavy atom. The number of carbonyl (C=O) groups is 1. The topological polar surface area (TPSA) is 92.3 Å². The van der Waals surface area contributed by atoms with Crippen LogP contribution in [-0.4, -0.2) is 47.4 Å². The van der Waals surface area contributed by atoms with Gasteiger partial charge in [0.05, 0.1) is 12.8 Å². The first-order valence-electron chi connectivity index (χ1n) is 7.15.